The fraction of sp³-hybridized carbons (Fsp3) is 0.611. The van der Waals surface area contributed by atoms with Crippen LogP contribution in [0.2, 0.25) is 0 Å². The molecule has 1 N–H and O–H groups in total. The Morgan fingerprint density at radius 2 is 1.96 bits per heavy atom. The molecule has 0 bridgehead atoms. The van der Waals surface area contributed by atoms with Gasteiger partial charge in [0, 0.05) is 33.2 Å². The van der Waals surface area contributed by atoms with Crippen LogP contribution in [0.3, 0.4) is 0 Å². The van der Waals surface area contributed by atoms with Crippen molar-refractivity contribution < 1.29 is 13.2 Å². The van der Waals surface area contributed by atoms with Crippen molar-refractivity contribution in [3.8, 4) is 0 Å². The van der Waals surface area contributed by atoms with Crippen molar-refractivity contribution in [3.63, 3.8) is 0 Å². The fourth-order valence-electron chi connectivity index (χ4n) is 2.81. The summed E-state index contributed by atoms with van der Waals surface area (Å²) in [5, 5.41) is 3.24. The minimum absolute atomic E-state index is 0. The molecule has 2 rings (SSSR count). The van der Waals surface area contributed by atoms with Crippen LogP contribution in [0, 0.1) is 6.92 Å². The first-order chi connectivity index (χ1) is 12.4. The van der Waals surface area contributed by atoms with E-state index in [0.29, 0.717) is 38.8 Å². The van der Waals surface area contributed by atoms with Gasteiger partial charge in [-0.25, -0.2) is 8.42 Å². The lowest BCUT2D eigenvalue weighted by atomic mass is 10.1. The minimum atomic E-state index is -3.29. The van der Waals surface area contributed by atoms with Gasteiger partial charge in [-0.15, -0.1) is 24.0 Å². The molecule has 1 aromatic rings. The van der Waals surface area contributed by atoms with E-state index < -0.39 is 10.0 Å². The van der Waals surface area contributed by atoms with Crippen molar-refractivity contribution >= 4 is 40.0 Å². The van der Waals surface area contributed by atoms with E-state index in [1.807, 2.05) is 31.0 Å². The molecular formula is C18H31IN4O3S. The summed E-state index contributed by atoms with van der Waals surface area (Å²) in [6.45, 7) is 7.55. The maximum atomic E-state index is 12.4. The highest BCUT2D eigenvalue weighted by Crippen LogP contribution is 2.10. The molecule has 1 aliphatic heterocycles. The number of benzene rings is 1. The second kappa shape index (κ2) is 11.8. The first kappa shape index (κ1) is 24.1. The number of aliphatic imine (C=N–C) groups is 1. The molecule has 1 aliphatic rings. The molecule has 0 spiro atoms. The zero-order valence-electron chi connectivity index (χ0n) is 16.3. The molecule has 154 valence electrons. The highest BCUT2D eigenvalue weighted by atomic mass is 127. The average Bonchev–Trinajstić information content (AvgIpc) is 2.63. The lowest BCUT2D eigenvalue weighted by molar-refractivity contribution is 0.0731. The Hall–Kier alpha value is -0.910. The first-order valence-corrected chi connectivity index (χ1v) is 10.6. The molecule has 0 radical (unpaired) electrons. The smallest absolute Gasteiger partial charge is 0.216 e. The molecule has 0 saturated carbocycles. The molecule has 9 heteroatoms. The van der Waals surface area contributed by atoms with E-state index in [1.165, 1.54) is 15.4 Å². The summed E-state index contributed by atoms with van der Waals surface area (Å²) in [6, 6.07) is 8.23. The minimum Gasteiger partial charge on any atom is -0.379 e. The molecule has 0 amide bonds. The van der Waals surface area contributed by atoms with Crippen LogP contribution in [0.4, 0.5) is 0 Å². The fourth-order valence-corrected chi connectivity index (χ4v) is 4.09. The Bertz CT molecular complexity index is 706. The molecule has 0 atom stereocenters. The summed E-state index contributed by atoms with van der Waals surface area (Å²) in [5.74, 6) is 0.730. The quantitative estimate of drug-likeness (QED) is 0.343. The predicted molar refractivity (Wildman–Crippen MR) is 120 cm³/mol. The number of nitrogens with one attached hydrogen (secondary N) is 1. The van der Waals surface area contributed by atoms with Gasteiger partial charge in [-0.3, -0.25) is 4.99 Å². The van der Waals surface area contributed by atoms with E-state index in [1.54, 1.807) is 0 Å². The average molecular weight is 510 g/mol. The van der Waals surface area contributed by atoms with Gasteiger partial charge in [0.05, 0.1) is 25.5 Å². The summed E-state index contributed by atoms with van der Waals surface area (Å²) in [7, 11) is -1.32. The largest absolute Gasteiger partial charge is 0.379 e. The second-order valence-corrected chi connectivity index (χ2v) is 8.43. The number of nitrogens with zero attached hydrogens (tertiary/aromatic N) is 3. The van der Waals surface area contributed by atoms with Gasteiger partial charge in [0.1, 0.15) is 0 Å². The molecule has 1 aromatic carbocycles. The number of hydrogen-bond donors (Lipinski definition) is 1. The Morgan fingerprint density at radius 1 is 1.30 bits per heavy atom. The van der Waals surface area contributed by atoms with E-state index in [-0.39, 0.29) is 36.3 Å². The Morgan fingerprint density at radius 3 is 2.59 bits per heavy atom. The highest BCUT2D eigenvalue weighted by molar-refractivity contribution is 14.0. The van der Waals surface area contributed by atoms with E-state index >= 15 is 0 Å². The number of rotatable bonds is 7. The standard InChI is InChI=1S/C18H30N4O3S.HI/c1-4-19-18(21(3)15-17-8-6-5-7-16(17)2)20-9-14-26(23,24)22-10-12-25-13-11-22;/h5-8H,4,9-15H2,1-3H3,(H,19,20);1H. The van der Waals surface area contributed by atoms with Crippen LogP contribution in [0.15, 0.2) is 29.3 Å². The van der Waals surface area contributed by atoms with Crippen LogP contribution in [0.5, 0.6) is 0 Å². The summed E-state index contributed by atoms with van der Waals surface area (Å²) >= 11 is 0. The van der Waals surface area contributed by atoms with E-state index in [2.05, 4.69) is 29.4 Å². The first-order valence-electron chi connectivity index (χ1n) is 9.03. The number of halogens is 1. The highest BCUT2D eigenvalue weighted by Gasteiger charge is 2.23. The van der Waals surface area contributed by atoms with E-state index in [9.17, 15) is 8.42 Å². The maximum absolute atomic E-state index is 12.4. The van der Waals surface area contributed by atoms with Gasteiger partial charge in [0.2, 0.25) is 10.0 Å². The molecule has 0 aromatic heterocycles. The number of ether oxygens (including phenoxy) is 1. The van der Waals surface area contributed by atoms with Crippen LogP contribution in [0.1, 0.15) is 18.1 Å². The summed E-state index contributed by atoms with van der Waals surface area (Å²) in [6.07, 6.45) is 0. The number of hydrogen-bond acceptors (Lipinski definition) is 4. The van der Waals surface area contributed by atoms with Gasteiger partial charge in [-0.05, 0) is 25.0 Å². The second-order valence-electron chi connectivity index (χ2n) is 6.35. The van der Waals surface area contributed by atoms with Crippen LogP contribution in [-0.4, -0.2) is 75.8 Å². The Kier molecular flexibility index (Phi) is 10.6. The van der Waals surface area contributed by atoms with Crippen LogP contribution >= 0.6 is 24.0 Å². The van der Waals surface area contributed by atoms with Gasteiger partial charge in [0.15, 0.2) is 5.96 Å². The van der Waals surface area contributed by atoms with Crippen molar-refractivity contribution in [3.05, 3.63) is 35.4 Å². The number of morpholine rings is 1. The normalized spacial score (nSPS) is 15.9. The zero-order chi connectivity index (χ0) is 19.0. The van der Waals surface area contributed by atoms with Gasteiger partial charge >= 0.3 is 0 Å². The lowest BCUT2D eigenvalue weighted by Crippen LogP contribution is -2.42. The summed E-state index contributed by atoms with van der Waals surface area (Å²) in [5.41, 5.74) is 2.45. The number of sulfonamides is 1. The van der Waals surface area contributed by atoms with Crippen molar-refractivity contribution in [2.75, 3.05) is 52.2 Å². The SMILES string of the molecule is CCNC(=NCCS(=O)(=O)N1CCOCC1)N(C)Cc1ccccc1C.I. The monoisotopic (exact) mass is 510 g/mol. The maximum Gasteiger partial charge on any atom is 0.216 e. The number of guanidine groups is 1. The molecule has 7 nitrogen and oxygen atoms in total. The molecule has 0 aliphatic carbocycles. The Balaban J connectivity index is 0.00000364. The zero-order valence-corrected chi connectivity index (χ0v) is 19.5. The van der Waals surface area contributed by atoms with Crippen LogP contribution in [-0.2, 0) is 21.3 Å². The van der Waals surface area contributed by atoms with E-state index in [4.69, 9.17) is 4.74 Å². The van der Waals surface area contributed by atoms with Gasteiger partial charge in [-0.2, -0.15) is 4.31 Å². The topological polar surface area (TPSA) is 74.2 Å². The number of aryl methyl sites for hydroxylation is 1. The summed E-state index contributed by atoms with van der Waals surface area (Å²) < 4.78 is 31.5. The molecule has 1 heterocycles. The lowest BCUT2D eigenvalue weighted by Gasteiger charge is -2.26. The third kappa shape index (κ3) is 7.55. The molecule has 1 saturated heterocycles. The third-order valence-electron chi connectivity index (χ3n) is 4.34. The molecule has 1 fully saturated rings. The molecular weight excluding hydrogens is 479 g/mol. The van der Waals surface area contributed by atoms with Crippen LogP contribution in [0.25, 0.3) is 0 Å². The predicted octanol–water partition coefficient (Wildman–Crippen LogP) is 1.67. The van der Waals surface area contributed by atoms with Crippen LogP contribution < -0.4 is 5.32 Å². The Labute approximate surface area is 180 Å². The van der Waals surface area contributed by atoms with Crippen molar-refractivity contribution in [2.24, 2.45) is 4.99 Å². The van der Waals surface area contributed by atoms with Crippen molar-refractivity contribution in [1.29, 1.82) is 0 Å². The van der Waals surface area contributed by atoms with Gasteiger partial charge in [0.25, 0.3) is 0 Å². The van der Waals surface area contributed by atoms with Gasteiger partial charge < -0.3 is 15.0 Å². The molecule has 0 unspecified atom stereocenters. The van der Waals surface area contributed by atoms with E-state index in [0.717, 1.165) is 6.54 Å². The third-order valence-corrected chi connectivity index (χ3v) is 6.19. The van der Waals surface area contributed by atoms with Gasteiger partial charge in [-0.1, -0.05) is 24.3 Å². The molecule has 27 heavy (non-hydrogen) atoms. The van der Waals surface area contributed by atoms with Crippen molar-refractivity contribution in [1.82, 2.24) is 14.5 Å². The summed E-state index contributed by atoms with van der Waals surface area (Å²) in [4.78, 5) is 6.53. The van der Waals surface area contributed by atoms with Crippen molar-refractivity contribution in [2.45, 2.75) is 20.4 Å².